The molecule has 50 valence electrons. The number of halogens is 1. The zero-order valence-electron chi connectivity index (χ0n) is 4.92. The average Bonchev–Trinajstić information content (AvgIpc) is 1.77. The molecule has 0 aromatic heterocycles. The summed E-state index contributed by atoms with van der Waals surface area (Å²) < 4.78 is -0.382. The van der Waals surface area contributed by atoms with Crippen molar-refractivity contribution in [2.24, 2.45) is 11.5 Å². The smallest absolute Gasteiger partial charge is 0.106 e. The Balaban J connectivity index is 2.78. The van der Waals surface area contributed by atoms with Crippen molar-refractivity contribution in [3.8, 4) is 0 Å². The molecule has 9 heavy (non-hydrogen) atoms. The van der Waals surface area contributed by atoms with Gasteiger partial charge in [-0.1, -0.05) is 46.9 Å². The minimum atomic E-state index is -0.382. The SMILES string of the molecule is NC1C=CC=CC1(N)I. The first-order valence-corrected chi connectivity index (χ1v) is 3.80. The molecular formula is C6H9IN2. The van der Waals surface area contributed by atoms with Gasteiger partial charge in [0.05, 0.1) is 6.04 Å². The van der Waals surface area contributed by atoms with Gasteiger partial charge in [0, 0.05) is 0 Å². The van der Waals surface area contributed by atoms with E-state index < -0.39 is 0 Å². The fourth-order valence-electron chi connectivity index (χ4n) is 0.645. The van der Waals surface area contributed by atoms with Crippen molar-refractivity contribution >= 4 is 22.6 Å². The first-order chi connectivity index (χ1) is 4.13. The quantitative estimate of drug-likeness (QED) is 0.366. The second-order valence-corrected chi connectivity index (χ2v) is 3.97. The Hall–Kier alpha value is 0.130. The first-order valence-electron chi connectivity index (χ1n) is 2.72. The molecule has 0 aliphatic heterocycles. The Morgan fingerprint density at radius 2 is 2.11 bits per heavy atom. The van der Waals surface area contributed by atoms with Crippen LogP contribution in [-0.4, -0.2) is 9.59 Å². The van der Waals surface area contributed by atoms with Crippen molar-refractivity contribution in [2.45, 2.75) is 9.59 Å². The predicted molar refractivity (Wildman–Crippen MR) is 47.2 cm³/mol. The van der Waals surface area contributed by atoms with Gasteiger partial charge >= 0.3 is 0 Å². The lowest BCUT2D eigenvalue weighted by Gasteiger charge is -2.25. The van der Waals surface area contributed by atoms with Crippen molar-refractivity contribution in [1.29, 1.82) is 0 Å². The fraction of sp³-hybridized carbons (Fsp3) is 0.333. The van der Waals surface area contributed by atoms with Gasteiger partial charge in [-0.2, -0.15) is 0 Å². The number of nitrogens with two attached hydrogens (primary N) is 2. The summed E-state index contributed by atoms with van der Waals surface area (Å²) in [5, 5.41) is 0. The summed E-state index contributed by atoms with van der Waals surface area (Å²) in [7, 11) is 0. The number of hydrogen-bond acceptors (Lipinski definition) is 2. The van der Waals surface area contributed by atoms with E-state index in [1.807, 2.05) is 24.3 Å². The van der Waals surface area contributed by atoms with Gasteiger partial charge in [-0.3, -0.25) is 0 Å². The molecule has 1 rings (SSSR count). The Labute approximate surface area is 68.1 Å². The molecule has 0 fully saturated rings. The molecule has 3 heteroatoms. The van der Waals surface area contributed by atoms with Crippen LogP contribution in [0.25, 0.3) is 0 Å². The second kappa shape index (κ2) is 2.40. The normalized spacial score (nSPS) is 41.4. The maximum atomic E-state index is 5.74. The number of allylic oxidation sites excluding steroid dienone is 2. The Morgan fingerprint density at radius 1 is 1.44 bits per heavy atom. The van der Waals surface area contributed by atoms with Crippen LogP contribution < -0.4 is 11.5 Å². The highest BCUT2D eigenvalue weighted by molar-refractivity contribution is 14.1. The largest absolute Gasteiger partial charge is 0.322 e. The zero-order valence-corrected chi connectivity index (χ0v) is 7.08. The van der Waals surface area contributed by atoms with Crippen molar-refractivity contribution in [2.75, 3.05) is 0 Å². The predicted octanol–water partition coefficient (Wildman–Crippen LogP) is 0.530. The zero-order chi connectivity index (χ0) is 6.91. The van der Waals surface area contributed by atoms with Crippen molar-refractivity contribution in [3.05, 3.63) is 24.3 Å². The van der Waals surface area contributed by atoms with E-state index in [-0.39, 0.29) is 9.59 Å². The molecule has 0 saturated heterocycles. The van der Waals surface area contributed by atoms with Crippen LogP contribution in [0.2, 0.25) is 0 Å². The van der Waals surface area contributed by atoms with Gasteiger partial charge in [-0.25, -0.2) is 0 Å². The molecule has 0 saturated carbocycles. The van der Waals surface area contributed by atoms with Crippen molar-refractivity contribution in [3.63, 3.8) is 0 Å². The van der Waals surface area contributed by atoms with Crippen molar-refractivity contribution in [1.82, 2.24) is 0 Å². The topological polar surface area (TPSA) is 52.0 Å². The van der Waals surface area contributed by atoms with E-state index in [0.717, 1.165) is 0 Å². The lowest BCUT2D eigenvalue weighted by molar-refractivity contribution is 0.675. The Bertz CT molecular complexity index is 160. The highest BCUT2D eigenvalue weighted by Gasteiger charge is 2.24. The molecule has 0 amide bonds. The summed E-state index contributed by atoms with van der Waals surface area (Å²) in [6, 6.07) is -0.0527. The van der Waals surface area contributed by atoms with Crippen LogP contribution in [0.4, 0.5) is 0 Å². The monoisotopic (exact) mass is 236 g/mol. The first kappa shape index (κ1) is 7.24. The van der Waals surface area contributed by atoms with Crippen LogP contribution in [-0.2, 0) is 0 Å². The van der Waals surface area contributed by atoms with Crippen LogP contribution >= 0.6 is 22.6 Å². The fourth-order valence-corrected chi connectivity index (χ4v) is 1.06. The minimum absolute atomic E-state index is 0.0527. The Kier molecular flexibility index (Phi) is 1.93. The van der Waals surface area contributed by atoms with Gasteiger partial charge in [0.25, 0.3) is 0 Å². The molecule has 4 N–H and O–H groups in total. The molecular weight excluding hydrogens is 227 g/mol. The number of hydrogen-bond donors (Lipinski definition) is 2. The molecule has 2 atom stereocenters. The third kappa shape index (κ3) is 1.53. The maximum Gasteiger partial charge on any atom is 0.106 e. The molecule has 0 radical (unpaired) electrons. The van der Waals surface area contributed by atoms with E-state index in [4.69, 9.17) is 11.5 Å². The van der Waals surface area contributed by atoms with Gasteiger partial charge in [0.1, 0.15) is 3.55 Å². The van der Waals surface area contributed by atoms with Gasteiger partial charge in [-0.15, -0.1) is 0 Å². The third-order valence-corrected chi connectivity index (χ3v) is 2.37. The van der Waals surface area contributed by atoms with Crippen molar-refractivity contribution < 1.29 is 0 Å². The maximum absolute atomic E-state index is 5.74. The lowest BCUT2D eigenvalue weighted by atomic mass is 10.1. The van der Waals surface area contributed by atoms with E-state index in [1.54, 1.807) is 0 Å². The van der Waals surface area contributed by atoms with Crippen LogP contribution in [0.5, 0.6) is 0 Å². The molecule has 0 aromatic rings. The molecule has 0 heterocycles. The minimum Gasteiger partial charge on any atom is -0.322 e. The molecule has 0 bridgehead atoms. The van der Waals surface area contributed by atoms with Gasteiger partial charge in [-0.05, 0) is 0 Å². The molecule has 2 unspecified atom stereocenters. The van der Waals surface area contributed by atoms with Gasteiger partial charge < -0.3 is 11.5 Å². The van der Waals surface area contributed by atoms with E-state index in [0.29, 0.717) is 0 Å². The number of rotatable bonds is 0. The summed E-state index contributed by atoms with van der Waals surface area (Å²) in [4.78, 5) is 0. The third-order valence-electron chi connectivity index (χ3n) is 1.29. The summed E-state index contributed by atoms with van der Waals surface area (Å²) in [5.41, 5.74) is 11.4. The highest BCUT2D eigenvalue weighted by atomic mass is 127. The summed E-state index contributed by atoms with van der Waals surface area (Å²) >= 11 is 2.13. The molecule has 1 aliphatic carbocycles. The summed E-state index contributed by atoms with van der Waals surface area (Å²) in [6.07, 6.45) is 7.62. The van der Waals surface area contributed by atoms with E-state index in [1.165, 1.54) is 0 Å². The Morgan fingerprint density at radius 3 is 2.44 bits per heavy atom. The summed E-state index contributed by atoms with van der Waals surface area (Å²) in [6.45, 7) is 0. The van der Waals surface area contributed by atoms with E-state index in [9.17, 15) is 0 Å². The molecule has 0 aromatic carbocycles. The van der Waals surface area contributed by atoms with E-state index >= 15 is 0 Å². The number of alkyl halides is 1. The van der Waals surface area contributed by atoms with Crippen LogP contribution in [0.3, 0.4) is 0 Å². The highest BCUT2D eigenvalue weighted by Crippen LogP contribution is 2.20. The standard InChI is InChI=1S/C6H9IN2/c7-6(9)4-2-1-3-5(6)8/h1-5H,8-9H2. The van der Waals surface area contributed by atoms with Gasteiger partial charge in [0.2, 0.25) is 0 Å². The molecule has 0 spiro atoms. The van der Waals surface area contributed by atoms with Crippen LogP contribution in [0, 0.1) is 0 Å². The van der Waals surface area contributed by atoms with Gasteiger partial charge in [0.15, 0.2) is 0 Å². The van der Waals surface area contributed by atoms with E-state index in [2.05, 4.69) is 22.6 Å². The van der Waals surface area contributed by atoms with Crippen LogP contribution in [0.1, 0.15) is 0 Å². The van der Waals surface area contributed by atoms with Crippen LogP contribution in [0.15, 0.2) is 24.3 Å². The second-order valence-electron chi connectivity index (χ2n) is 2.10. The molecule has 2 nitrogen and oxygen atoms in total. The lowest BCUT2D eigenvalue weighted by Crippen LogP contribution is -2.48. The average molecular weight is 236 g/mol. The molecule has 1 aliphatic rings. The summed E-state index contributed by atoms with van der Waals surface area (Å²) in [5.74, 6) is 0.